The van der Waals surface area contributed by atoms with E-state index in [1.807, 2.05) is 30.3 Å². The summed E-state index contributed by atoms with van der Waals surface area (Å²) in [4.78, 5) is 13.4. The summed E-state index contributed by atoms with van der Waals surface area (Å²) >= 11 is 6.46. The van der Waals surface area contributed by atoms with Crippen molar-refractivity contribution in [2.45, 2.75) is 38.9 Å². The number of halogens is 1. The SMILES string of the molecule is Cc1ccc([C@@H](C)NCc2ccc(-c3ccc(Cl)c(C(=O)N[C@@H](CNCCO)Cc4ccc(C#N)cc4)c3)o2)cc1. The number of aliphatic hydroxyl groups excluding tert-OH is 1. The summed E-state index contributed by atoms with van der Waals surface area (Å²) in [5.41, 5.74) is 5.09. The number of carbonyl (C=O) groups is 1. The van der Waals surface area contributed by atoms with E-state index in [9.17, 15) is 9.90 Å². The fourth-order valence-corrected chi connectivity index (χ4v) is 4.70. The van der Waals surface area contributed by atoms with E-state index in [0.717, 1.165) is 16.9 Å². The van der Waals surface area contributed by atoms with Crippen molar-refractivity contribution in [3.8, 4) is 17.4 Å². The smallest absolute Gasteiger partial charge is 0.253 e. The van der Waals surface area contributed by atoms with Gasteiger partial charge in [-0.25, -0.2) is 0 Å². The van der Waals surface area contributed by atoms with Crippen LogP contribution in [0.5, 0.6) is 0 Å². The molecule has 4 N–H and O–H groups in total. The minimum atomic E-state index is -0.304. The van der Waals surface area contributed by atoms with Gasteiger partial charge in [0, 0.05) is 30.7 Å². The van der Waals surface area contributed by atoms with Gasteiger partial charge in [0.05, 0.1) is 35.4 Å². The van der Waals surface area contributed by atoms with E-state index in [0.29, 0.717) is 48.0 Å². The van der Waals surface area contributed by atoms with Crippen LogP contribution in [0.3, 0.4) is 0 Å². The van der Waals surface area contributed by atoms with Gasteiger partial charge in [-0.05, 0) is 73.9 Å². The molecule has 0 bridgehead atoms. The zero-order valence-electron chi connectivity index (χ0n) is 23.3. The molecule has 41 heavy (non-hydrogen) atoms. The molecule has 1 amide bonds. The van der Waals surface area contributed by atoms with Crippen molar-refractivity contribution in [1.82, 2.24) is 16.0 Å². The summed E-state index contributed by atoms with van der Waals surface area (Å²) in [6.45, 7) is 5.62. The molecule has 0 unspecified atom stereocenters. The number of aliphatic hydroxyl groups is 1. The zero-order chi connectivity index (χ0) is 29.2. The maximum atomic E-state index is 13.4. The molecule has 0 saturated heterocycles. The summed E-state index contributed by atoms with van der Waals surface area (Å²) in [5.74, 6) is 1.13. The Morgan fingerprint density at radius 2 is 1.80 bits per heavy atom. The lowest BCUT2D eigenvalue weighted by atomic mass is 10.0. The predicted molar refractivity (Wildman–Crippen MR) is 162 cm³/mol. The van der Waals surface area contributed by atoms with Crippen LogP contribution in [0.4, 0.5) is 0 Å². The molecular weight excluding hydrogens is 536 g/mol. The quantitative estimate of drug-likeness (QED) is 0.157. The summed E-state index contributed by atoms with van der Waals surface area (Å²) in [7, 11) is 0. The Bertz CT molecular complexity index is 1480. The standard InChI is InChI=1S/C33H35ClN4O3/c1-22-3-9-26(10-4-22)23(2)37-21-29-12-14-32(41-29)27-11-13-31(34)30(18-27)33(40)38-28(20-36-15-16-39)17-24-5-7-25(19-35)8-6-24/h3-14,18,23,28,36-37,39H,15-17,20-21H2,1-2H3,(H,38,40)/t23-,28-/m1/s1. The molecule has 0 aliphatic rings. The lowest BCUT2D eigenvalue weighted by molar-refractivity contribution is 0.0936. The fourth-order valence-electron chi connectivity index (χ4n) is 4.50. The van der Waals surface area contributed by atoms with E-state index in [1.54, 1.807) is 24.3 Å². The van der Waals surface area contributed by atoms with Crippen LogP contribution in [0.1, 0.15) is 51.3 Å². The minimum absolute atomic E-state index is 0.00305. The Labute approximate surface area is 246 Å². The Balaban J connectivity index is 1.43. The van der Waals surface area contributed by atoms with Gasteiger partial charge in [-0.3, -0.25) is 4.79 Å². The third kappa shape index (κ3) is 8.53. The van der Waals surface area contributed by atoms with Gasteiger partial charge in [-0.15, -0.1) is 0 Å². The number of hydrogen-bond donors (Lipinski definition) is 4. The fraction of sp³-hybridized carbons (Fsp3) is 0.273. The third-order valence-electron chi connectivity index (χ3n) is 6.90. The lowest BCUT2D eigenvalue weighted by Gasteiger charge is -2.20. The maximum Gasteiger partial charge on any atom is 0.253 e. The normalized spacial score (nSPS) is 12.5. The molecule has 4 rings (SSSR count). The second kappa shape index (κ2) is 14.6. The van der Waals surface area contributed by atoms with Gasteiger partial charge in [0.15, 0.2) is 0 Å². The van der Waals surface area contributed by atoms with Crippen LogP contribution >= 0.6 is 11.6 Å². The second-order valence-corrected chi connectivity index (χ2v) is 10.5. The molecule has 7 nitrogen and oxygen atoms in total. The van der Waals surface area contributed by atoms with E-state index in [1.165, 1.54) is 11.1 Å². The first-order chi connectivity index (χ1) is 19.9. The highest BCUT2D eigenvalue weighted by Crippen LogP contribution is 2.27. The number of benzene rings is 3. The van der Waals surface area contributed by atoms with Gasteiger partial charge in [0.25, 0.3) is 5.91 Å². The monoisotopic (exact) mass is 570 g/mol. The van der Waals surface area contributed by atoms with Crippen LogP contribution in [0, 0.1) is 18.3 Å². The Morgan fingerprint density at radius 1 is 1.05 bits per heavy atom. The van der Waals surface area contributed by atoms with Gasteiger partial charge in [-0.1, -0.05) is 53.6 Å². The van der Waals surface area contributed by atoms with Gasteiger partial charge < -0.3 is 25.5 Å². The maximum absolute atomic E-state index is 13.4. The van der Waals surface area contributed by atoms with Crippen molar-refractivity contribution in [2.24, 2.45) is 0 Å². The van der Waals surface area contributed by atoms with E-state index in [-0.39, 0.29) is 24.6 Å². The topological polar surface area (TPSA) is 110 Å². The molecule has 8 heteroatoms. The van der Waals surface area contributed by atoms with Crippen molar-refractivity contribution in [3.63, 3.8) is 0 Å². The highest BCUT2D eigenvalue weighted by atomic mass is 35.5. The van der Waals surface area contributed by atoms with Crippen LogP contribution in [-0.4, -0.2) is 36.8 Å². The molecule has 1 aromatic heterocycles. The summed E-state index contributed by atoms with van der Waals surface area (Å²) in [6.07, 6.45) is 0.544. The minimum Gasteiger partial charge on any atom is -0.460 e. The number of rotatable bonds is 13. The van der Waals surface area contributed by atoms with Gasteiger partial charge in [-0.2, -0.15) is 5.26 Å². The molecule has 0 fully saturated rings. The number of nitrogens with zero attached hydrogens (tertiary/aromatic N) is 1. The van der Waals surface area contributed by atoms with Crippen LogP contribution in [0.2, 0.25) is 5.02 Å². The number of hydrogen-bond acceptors (Lipinski definition) is 6. The molecule has 1 heterocycles. The average molecular weight is 571 g/mol. The molecule has 2 atom stereocenters. The predicted octanol–water partition coefficient (Wildman–Crippen LogP) is 5.55. The number of aryl methyl sites for hydroxylation is 1. The van der Waals surface area contributed by atoms with Gasteiger partial charge in [0.2, 0.25) is 0 Å². The lowest BCUT2D eigenvalue weighted by Crippen LogP contribution is -2.44. The highest BCUT2D eigenvalue weighted by molar-refractivity contribution is 6.34. The molecule has 212 valence electrons. The first-order valence-electron chi connectivity index (χ1n) is 13.7. The van der Waals surface area contributed by atoms with Crippen molar-refractivity contribution < 1.29 is 14.3 Å². The Hall–Kier alpha value is -3.93. The van der Waals surface area contributed by atoms with E-state index in [2.05, 4.69) is 60.1 Å². The zero-order valence-corrected chi connectivity index (χ0v) is 24.0. The van der Waals surface area contributed by atoms with Crippen molar-refractivity contribution >= 4 is 17.5 Å². The molecule has 0 radical (unpaired) electrons. The Morgan fingerprint density at radius 3 is 2.51 bits per heavy atom. The largest absolute Gasteiger partial charge is 0.460 e. The van der Waals surface area contributed by atoms with E-state index >= 15 is 0 Å². The van der Waals surface area contributed by atoms with E-state index < -0.39 is 0 Å². The summed E-state index contributed by atoms with van der Waals surface area (Å²) in [6, 6.07) is 26.8. The first kappa shape index (κ1) is 30.0. The van der Waals surface area contributed by atoms with Crippen LogP contribution in [0.15, 0.2) is 83.3 Å². The number of nitriles is 1. The van der Waals surface area contributed by atoms with Gasteiger partial charge >= 0.3 is 0 Å². The van der Waals surface area contributed by atoms with Crippen LogP contribution in [0.25, 0.3) is 11.3 Å². The molecule has 0 aliphatic heterocycles. The summed E-state index contributed by atoms with van der Waals surface area (Å²) in [5, 5.41) is 28.3. The molecule has 3 aromatic carbocycles. The first-order valence-corrected chi connectivity index (χ1v) is 14.0. The molecule has 0 spiro atoms. The van der Waals surface area contributed by atoms with Crippen molar-refractivity contribution in [1.29, 1.82) is 5.26 Å². The third-order valence-corrected chi connectivity index (χ3v) is 7.23. The molecule has 0 aliphatic carbocycles. The summed E-state index contributed by atoms with van der Waals surface area (Å²) < 4.78 is 6.10. The van der Waals surface area contributed by atoms with Crippen molar-refractivity contribution in [3.05, 3.63) is 117 Å². The molecular formula is C33H35ClN4O3. The molecule has 0 saturated carbocycles. The number of nitrogens with one attached hydrogen (secondary N) is 3. The number of amides is 1. The highest BCUT2D eigenvalue weighted by Gasteiger charge is 2.18. The van der Waals surface area contributed by atoms with Crippen molar-refractivity contribution in [2.75, 3.05) is 19.7 Å². The van der Waals surface area contributed by atoms with Crippen LogP contribution < -0.4 is 16.0 Å². The van der Waals surface area contributed by atoms with E-state index in [4.69, 9.17) is 21.3 Å². The second-order valence-electron chi connectivity index (χ2n) is 10.1. The van der Waals surface area contributed by atoms with Gasteiger partial charge in [0.1, 0.15) is 11.5 Å². The number of carbonyl (C=O) groups excluding carboxylic acids is 1. The molecule has 4 aromatic rings. The Kier molecular flexibility index (Phi) is 10.7. The average Bonchev–Trinajstić information content (AvgIpc) is 3.46. The number of furan rings is 1. The van der Waals surface area contributed by atoms with Crippen LogP contribution in [-0.2, 0) is 13.0 Å².